The molecule has 1 aliphatic carbocycles. The topological polar surface area (TPSA) is 29.3 Å². The highest BCUT2D eigenvalue weighted by Gasteiger charge is 2.24. The molecular formula is C16H25FN2. The summed E-state index contributed by atoms with van der Waals surface area (Å²) in [5, 5.41) is 0. The second kappa shape index (κ2) is 6.38. The number of nitrogens with zero attached hydrogens (tertiary/aromatic N) is 1. The van der Waals surface area contributed by atoms with Crippen LogP contribution in [0.2, 0.25) is 0 Å². The van der Waals surface area contributed by atoms with Crippen molar-refractivity contribution < 1.29 is 4.39 Å². The van der Waals surface area contributed by atoms with Crippen LogP contribution < -0.4 is 10.6 Å². The first-order chi connectivity index (χ1) is 9.10. The monoisotopic (exact) mass is 264 g/mol. The van der Waals surface area contributed by atoms with Crippen LogP contribution in [0.1, 0.15) is 45.1 Å². The minimum Gasteiger partial charge on any atom is -0.368 e. The standard InChI is InChI=1S/C16H25FN2/c1-12(2)11-19(15-5-3-4-6-15)16-8-13(10-18)7-14(17)9-16/h7-9,12,15H,3-6,10-11,18H2,1-2H3. The van der Waals surface area contributed by atoms with Crippen LogP contribution in [0.15, 0.2) is 18.2 Å². The summed E-state index contributed by atoms with van der Waals surface area (Å²) in [6, 6.07) is 5.80. The first-order valence-electron chi connectivity index (χ1n) is 7.36. The molecule has 0 amide bonds. The van der Waals surface area contributed by atoms with Gasteiger partial charge in [0.2, 0.25) is 0 Å². The maximum atomic E-state index is 13.7. The van der Waals surface area contributed by atoms with Gasteiger partial charge in [0.15, 0.2) is 0 Å². The Bertz CT molecular complexity index is 411. The molecule has 1 saturated carbocycles. The van der Waals surface area contributed by atoms with Gasteiger partial charge in [0.25, 0.3) is 0 Å². The summed E-state index contributed by atoms with van der Waals surface area (Å²) < 4.78 is 13.7. The molecule has 1 fully saturated rings. The molecule has 2 nitrogen and oxygen atoms in total. The molecular weight excluding hydrogens is 239 g/mol. The van der Waals surface area contributed by atoms with Gasteiger partial charge in [0, 0.05) is 24.8 Å². The van der Waals surface area contributed by atoms with E-state index in [-0.39, 0.29) is 5.82 Å². The Morgan fingerprint density at radius 2 is 1.95 bits per heavy atom. The lowest BCUT2D eigenvalue weighted by Gasteiger charge is -2.33. The maximum absolute atomic E-state index is 13.7. The van der Waals surface area contributed by atoms with Gasteiger partial charge >= 0.3 is 0 Å². The van der Waals surface area contributed by atoms with E-state index < -0.39 is 0 Å². The van der Waals surface area contributed by atoms with Crippen molar-refractivity contribution in [3.05, 3.63) is 29.6 Å². The van der Waals surface area contributed by atoms with E-state index >= 15 is 0 Å². The molecule has 0 aliphatic heterocycles. The first-order valence-corrected chi connectivity index (χ1v) is 7.36. The van der Waals surface area contributed by atoms with Crippen molar-refractivity contribution in [1.82, 2.24) is 0 Å². The summed E-state index contributed by atoms with van der Waals surface area (Å²) in [5.41, 5.74) is 7.53. The SMILES string of the molecule is CC(C)CN(c1cc(F)cc(CN)c1)C1CCCC1. The van der Waals surface area contributed by atoms with Crippen LogP contribution in [0, 0.1) is 11.7 Å². The molecule has 19 heavy (non-hydrogen) atoms. The van der Waals surface area contributed by atoms with E-state index in [4.69, 9.17) is 5.73 Å². The lowest BCUT2D eigenvalue weighted by Crippen LogP contribution is -2.36. The molecule has 0 heterocycles. The van der Waals surface area contributed by atoms with Crippen molar-refractivity contribution in [2.24, 2.45) is 11.7 Å². The van der Waals surface area contributed by atoms with E-state index in [2.05, 4.69) is 18.7 Å². The minimum atomic E-state index is -0.176. The van der Waals surface area contributed by atoms with E-state index in [1.807, 2.05) is 6.07 Å². The lowest BCUT2D eigenvalue weighted by atomic mass is 10.1. The molecule has 3 heteroatoms. The predicted octanol–water partition coefficient (Wildman–Crippen LogP) is 3.69. The predicted molar refractivity (Wildman–Crippen MR) is 78.7 cm³/mol. The Morgan fingerprint density at radius 1 is 1.26 bits per heavy atom. The van der Waals surface area contributed by atoms with Gasteiger partial charge < -0.3 is 10.6 Å². The average molecular weight is 264 g/mol. The molecule has 1 aromatic carbocycles. The van der Waals surface area contributed by atoms with Crippen LogP contribution in [0.25, 0.3) is 0 Å². The number of benzene rings is 1. The Labute approximate surface area is 115 Å². The highest BCUT2D eigenvalue weighted by atomic mass is 19.1. The fourth-order valence-corrected chi connectivity index (χ4v) is 2.99. The molecule has 0 aromatic heterocycles. The molecule has 0 saturated heterocycles. The summed E-state index contributed by atoms with van der Waals surface area (Å²) in [6.45, 7) is 5.80. The number of hydrogen-bond acceptors (Lipinski definition) is 2. The van der Waals surface area contributed by atoms with E-state index in [0.717, 1.165) is 17.8 Å². The lowest BCUT2D eigenvalue weighted by molar-refractivity contribution is 0.533. The van der Waals surface area contributed by atoms with Gasteiger partial charge in [-0.2, -0.15) is 0 Å². The Hall–Kier alpha value is -1.09. The van der Waals surface area contributed by atoms with E-state index in [1.165, 1.54) is 31.7 Å². The van der Waals surface area contributed by atoms with Gasteiger partial charge in [0.05, 0.1) is 0 Å². The third-order valence-electron chi connectivity index (χ3n) is 3.84. The summed E-state index contributed by atoms with van der Waals surface area (Å²) in [7, 11) is 0. The second-order valence-corrected chi connectivity index (χ2v) is 6.01. The van der Waals surface area contributed by atoms with Gasteiger partial charge in [-0.25, -0.2) is 4.39 Å². The largest absolute Gasteiger partial charge is 0.368 e. The third-order valence-corrected chi connectivity index (χ3v) is 3.84. The number of halogens is 1. The van der Waals surface area contributed by atoms with Crippen molar-refractivity contribution in [3.63, 3.8) is 0 Å². The smallest absolute Gasteiger partial charge is 0.125 e. The molecule has 0 atom stereocenters. The van der Waals surface area contributed by atoms with Gasteiger partial charge in [-0.1, -0.05) is 26.7 Å². The number of nitrogens with two attached hydrogens (primary N) is 1. The zero-order valence-electron chi connectivity index (χ0n) is 12.0. The van der Waals surface area contributed by atoms with Crippen LogP contribution >= 0.6 is 0 Å². The van der Waals surface area contributed by atoms with Gasteiger partial charge in [-0.15, -0.1) is 0 Å². The number of hydrogen-bond donors (Lipinski definition) is 1. The molecule has 2 N–H and O–H groups in total. The molecule has 1 aromatic rings. The van der Waals surface area contributed by atoms with Gasteiger partial charge in [0.1, 0.15) is 5.82 Å². The van der Waals surface area contributed by atoms with Crippen LogP contribution in [0.5, 0.6) is 0 Å². The Balaban J connectivity index is 2.28. The zero-order chi connectivity index (χ0) is 13.8. The quantitative estimate of drug-likeness (QED) is 0.879. The summed E-state index contributed by atoms with van der Waals surface area (Å²) in [5.74, 6) is 0.398. The van der Waals surface area contributed by atoms with Crippen molar-refractivity contribution in [2.45, 2.75) is 52.1 Å². The van der Waals surface area contributed by atoms with Crippen LogP contribution in [0.3, 0.4) is 0 Å². The molecule has 2 rings (SSSR count). The normalized spacial score (nSPS) is 16.3. The van der Waals surface area contributed by atoms with E-state index in [9.17, 15) is 4.39 Å². The Morgan fingerprint density at radius 3 is 2.53 bits per heavy atom. The summed E-state index contributed by atoms with van der Waals surface area (Å²) in [4.78, 5) is 2.39. The highest BCUT2D eigenvalue weighted by Crippen LogP contribution is 2.30. The van der Waals surface area contributed by atoms with Crippen LogP contribution in [-0.4, -0.2) is 12.6 Å². The van der Waals surface area contributed by atoms with Crippen LogP contribution in [-0.2, 0) is 6.54 Å². The van der Waals surface area contributed by atoms with Gasteiger partial charge in [-0.3, -0.25) is 0 Å². The highest BCUT2D eigenvalue weighted by molar-refractivity contribution is 5.50. The second-order valence-electron chi connectivity index (χ2n) is 6.01. The minimum absolute atomic E-state index is 0.176. The molecule has 0 unspecified atom stereocenters. The van der Waals surface area contributed by atoms with E-state index in [1.54, 1.807) is 6.07 Å². The maximum Gasteiger partial charge on any atom is 0.125 e. The summed E-state index contributed by atoms with van der Waals surface area (Å²) in [6.07, 6.45) is 5.03. The Kier molecular flexibility index (Phi) is 4.81. The van der Waals surface area contributed by atoms with Crippen molar-refractivity contribution in [2.75, 3.05) is 11.4 Å². The first kappa shape index (κ1) is 14.3. The third kappa shape index (κ3) is 3.69. The van der Waals surface area contributed by atoms with Crippen molar-refractivity contribution >= 4 is 5.69 Å². The molecule has 0 spiro atoms. The number of rotatable bonds is 5. The zero-order valence-corrected chi connectivity index (χ0v) is 12.0. The van der Waals surface area contributed by atoms with Crippen molar-refractivity contribution in [1.29, 1.82) is 0 Å². The van der Waals surface area contributed by atoms with Crippen molar-refractivity contribution in [3.8, 4) is 0 Å². The van der Waals surface area contributed by atoms with E-state index in [0.29, 0.717) is 18.5 Å². The average Bonchev–Trinajstić information content (AvgIpc) is 2.88. The fraction of sp³-hybridized carbons (Fsp3) is 0.625. The molecule has 106 valence electrons. The summed E-state index contributed by atoms with van der Waals surface area (Å²) >= 11 is 0. The van der Waals surface area contributed by atoms with Crippen LogP contribution in [0.4, 0.5) is 10.1 Å². The number of anilines is 1. The molecule has 1 aliphatic rings. The van der Waals surface area contributed by atoms with Gasteiger partial charge in [-0.05, 0) is 42.5 Å². The molecule has 0 radical (unpaired) electrons. The fourth-order valence-electron chi connectivity index (χ4n) is 2.99. The molecule has 0 bridgehead atoms.